The number of likely N-dealkylation sites (tertiary alicyclic amines) is 1. The third kappa shape index (κ3) is 3.23. The molecule has 4 aliphatic rings. The molecule has 4 aliphatic heterocycles. The second kappa shape index (κ2) is 8.22. The van der Waals surface area contributed by atoms with Crippen LogP contribution in [0.25, 0.3) is 0 Å². The number of halogens is 1. The number of rotatable bonds is 3. The molecule has 5 rings (SSSR count). The van der Waals surface area contributed by atoms with Gasteiger partial charge in [0.1, 0.15) is 17.6 Å². The Balaban J connectivity index is 1.67. The first-order chi connectivity index (χ1) is 16.2. The number of hydrogen-bond acceptors (Lipinski definition) is 6. The number of hydrogen-bond donors (Lipinski definition) is 1. The Kier molecular flexibility index (Phi) is 5.58. The minimum Gasteiger partial charge on any atom is -0.465 e. The molecule has 0 saturated carbocycles. The zero-order valence-electron chi connectivity index (χ0n) is 19.0. The standard InChI is InChI=1S/C25H27ClN2O6/c1-15(14-29)28-20-22(31)27(17-8-6-16(26)7-9-17)12-5-11-25(20)18(21(28)30)19-23(32)33-13-4-3-10-24(19,2)34-25/h3,5-11,15,18-20,29H,4,12-14H2,1-2H3/t15-,18+,19+,20?,24-,25+/m1/s1. The van der Waals surface area contributed by atoms with Gasteiger partial charge in [-0.15, -0.1) is 0 Å². The molecule has 34 heavy (non-hydrogen) atoms. The summed E-state index contributed by atoms with van der Waals surface area (Å²) in [7, 11) is 0. The molecule has 2 saturated heterocycles. The fraction of sp³-hybridized carbons (Fsp3) is 0.480. The molecule has 1 aromatic carbocycles. The first kappa shape index (κ1) is 23.1. The van der Waals surface area contributed by atoms with Gasteiger partial charge in [-0.05, 0) is 44.5 Å². The molecule has 1 N–H and O–H groups in total. The average molecular weight is 487 g/mol. The van der Waals surface area contributed by atoms with Crippen molar-refractivity contribution in [1.82, 2.24) is 4.90 Å². The average Bonchev–Trinajstić information content (AvgIpc) is 3.13. The third-order valence-electron chi connectivity index (χ3n) is 7.33. The molecule has 9 heteroatoms. The molecule has 1 unspecified atom stereocenters. The SMILES string of the molecule is C[C@H](CO)N1C(=O)[C@@H]2[C@H]3C(=O)OCCC=C[C@@]3(C)O[C@@]23C=CCN(c2ccc(Cl)cc2)C(=O)C13. The highest BCUT2D eigenvalue weighted by Gasteiger charge is 2.75. The number of aliphatic hydroxyl groups excluding tert-OH is 1. The van der Waals surface area contributed by atoms with Gasteiger partial charge in [0.05, 0.1) is 30.8 Å². The molecule has 8 nitrogen and oxygen atoms in total. The maximum Gasteiger partial charge on any atom is 0.313 e. The van der Waals surface area contributed by atoms with Gasteiger partial charge in [-0.3, -0.25) is 14.4 Å². The minimum atomic E-state index is -1.38. The van der Waals surface area contributed by atoms with Crippen molar-refractivity contribution in [2.45, 2.75) is 43.6 Å². The molecular weight excluding hydrogens is 460 g/mol. The van der Waals surface area contributed by atoms with Gasteiger partial charge in [-0.2, -0.15) is 0 Å². The molecular formula is C25H27ClN2O6. The normalized spacial score (nSPS) is 35.8. The number of esters is 1. The van der Waals surface area contributed by atoms with Crippen LogP contribution in [0.1, 0.15) is 20.3 Å². The Bertz CT molecular complexity index is 1090. The topological polar surface area (TPSA) is 96.4 Å². The largest absolute Gasteiger partial charge is 0.465 e. The predicted octanol–water partition coefficient (Wildman–Crippen LogP) is 2.10. The van der Waals surface area contributed by atoms with E-state index in [1.54, 1.807) is 55.2 Å². The minimum absolute atomic E-state index is 0.217. The maximum absolute atomic E-state index is 14.1. The lowest BCUT2D eigenvalue weighted by molar-refractivity contribution is -0.160. The quantitative estimate of drug-likeness (QED) is 0.519. The molecule has 0 radical (unpaired) electrons. The second-order valence-electron chi connectivity index (χ2n) is 9.46. The first-order valence-electron chi connectivity index (χ1n) is 11.5. The zero-order chi connectivity index (χ0) is 24.3. The smallest absolute Gasteiger partial charge is 0.313 e. The van der Waals surface area contributed by atoms with E-state index in [1.807, 2.05) is 12.2 Å². The highest BCUT2D eigenvalue weighted by atomic mass is 35.5. The Hall–Kier alpha value is -2.68. The van der Waals surface area contributed by atoms with Crippen molar-refractivity contribution in [1.29, 1.82) is 0 Å². The van der Waals surface area contributed by atoms with Crippen molar-refractivity contribution >= 4 is 35.1 Å². The number of anilines is 1. The number of carbonyl (C=O) groups is 3. The molecule has 2 fully saturated rings. The van der Waals surface area contributed by atoms with Crippen molar-refractivity contribution < 1.29 is 29.0 Å². The van der Waals surface area contributed by atoms with E-state index >= 15 is 0 Å². The molecule has 180 valence electrons. The Labute approximate surface area is 202 Å². The predicted molar refractivity (Wildman–Crippen MR) is 124 cm³/mol. The number of aliphatic hydroxyl groups is 1. The Morgan fingerprint density at radius 3 is 2.56 bits per heavy atom. The molecule has 6 atom stereocenters. The molecule has 4 heterocycles. The molecule has 1 aromatic rings. The number of amides is 2. The highest BCUT2D eigenvalue weighted by molar-refractivity contribution is 6.30. The van der Waals surface area contributed by atoms with E-state index in [1.165, 1.54) is 4.90 Å². The number of fused-ring (bicyclic) bond motifs is 2. The summed E-state index contributed by atoms with van der Waals surface area (Å²) < 4.78 is 12.1. The lowest BCUT2D eigenvalue weighted by Gasteiger charge is -2.39. The lowest BCUT2D eigenvalue weighted by atomic mass is 9.74. The summed E-state index contributed by atoms with van der Waals surface area (Å²) in [6.45, 7) is 3.57. The van der Waals surface area contributed by atoms with Crippen LogP contribution in [-0.4, -0.2) is 70.8 Å². The zero-order valence-corrected chi connectivity index (χ0v) is 19.8. The van der Waals surface area contributed by atoms with Gasteiger partial charge in [0.15, 0.2) is 0 Å². The molecule has 0 aliphatic carbocycles. The fourth-order valence-electron chi connectivity index (χ4n) is 5.84. The van der Waals surface area contributed by atoms with Gasteiger partial charge < -0.3 is 24.4 Å². The van der Waals surface area contributed by atoms with Crippen LogP contribution in [0.5, 0.6) is 0 Å². The maximum atomic E-state index is 14.1. The molecule has 2 amide bonds. The monoisotopic (exact) mass is 486 g/mol. The summed E-state index contributed by atoms with van der Waals surface area (Å²) in [5.74, 6) is -3.15. The Morgan fingerprint density at radius 1 is 1.12 bits per heavy atom. The van der Waals surface area contributed by atoms with E-state index in [9.17, 15) is 19.5 Å². The van der Waals surface area contributed by atoms with Crippen LogP contribution < -0.4 is 4.90 Å². The van der Waals surface area contributed by atoms with Gasteiger partial charge in [-0.1, -0.05) is 35.9 Å². The first-order valence-corrected chi connectivity index (χ1v) is 11.8. The van der Waals surface area contributed by atoms with Gasteiger partial charge in [0, 0.05) is 17.3 Å². The molecule has 0 bridgehead atoms. The van der Waals surface area contributed by atoms with Gasteiger partial charge in [-0.25, -0.2) is 0 Å². The van der Waals surface area contributed by atoms with E-state index in [2.05, 4.69) is 0 Å². The van der Waals surface area contributed by atoms with Crippen LogP contribution >= 0.6 is 11.6 Å². The lowest BCUT2D eigenvalue weighted by Crippen LogP contribution is -2.58. The van der Waals surface area contributed by atoms with E-state index < -0.39 is 47.0 Å². The third-order valence-corrected chi connectivity index (χ3v) is 7.59. The summed E-state index contributed by atoms with van der Waals surface area (Å²) in [4.78, 5) is 44.1. The van der Waals surface area contributed by atoms with Crippen molar-refractivity contribution in [2.75, 3.05) is 24.7 Å². The van der Waals surface area contributed by atoms with Crippen molar-refractivity contribution in [2.24, 2.45) is 11.8 Å². The summed E-state index contributed by atoms with van der Waals surface area (Å²) in [6.07, 6.45) is 7.80. The van der Waals surface area contributed by atoms with E-state index in [0.717, 1.165) is 0 Å². The van der Waals surface area contributed by atoms with Gasteiger partial charge in [0.25, 0.3) is 5.91 Å². The number of ether oxygens (including phenoxy) is 2. The number of carbonyl (C=O) groups excluding carboxylic acids is 3. The van der Waals surface area contributed by atoms with Crippen LogP contribution in [0.15, 0.2) is 48.6 Å². The van der Waals surface area contributed by atoms with Crippen LogP contribution in [0.2, 0.25) is 5.02 Å². The summed E-state index contributed by atoms with van der Waals surface area (Å²) >= 11 is 6.04. The molecule has 1 spiro atoms. The summed E-state index contributed by atoms with van der Waals surface area (Å²) in [6, 6.07) is 5.16. The number of nitrogens with zero attached hydrogens (tertiary/aromatic N) is 2. The van der Waals surface area contributed by atoms with Crippen molar-refractivity contribution in [3.63, 3.8) is 0 Å². The van der Waals surface area contributed by atoms with E-state index in [0.29, 0.717) is 17.1 Å². The van der Waals surface area contributed by atoms with Crippen LogP contribution in [0.3, 0.4) is 0 Å². The fourth-order valence-corrected chi connectivity index (χ4v) is 5.97. The summed E-state index contributed by atoms with van der Waals surface area (Å²) in [5.41, 5.74) is -1.88. The highest BCUT2D eigenvalue weighted by Crippen LogP contribution is 2.57. The summed E-state index contributed by atoms with van der Waals surface area (Å²) in [5, 5.41) is 10.5. The van der Waals surface area contributed by atoms with E-state index in [4.69, 9.17) is 21.1 Å². The van der Waals surface area contributed by atoms with Crippen LogP contribution in [-0.2, 0) is 23.9 Å². The van der Waals surface area contributed by atoms with Crippen LogP contribution in [0.4, 0.5) is 5.69 Å². The molecule has 0 aromatic heterocycles. The van der Waals surface area contributed by atoms with Gasteiger partial charge in [0.2, 0.25) is 5.91 Å². The van der Waals surface area contributed by atoms with Gasteiger partial charge >= 0.3 is 5.97 Å². The second-order valence-corrected chi connectivity index (χ2v) is 9.90. The Morgan fingerprint density at radius 2 is 1.85 bits per heavy atom. The number of benzene rings is 1. The van der Waals surface area contributed by atoms with E-state index in [-0.39, 0.29) is 25.7 Å². The van der Waals surface area contributed by atoms with Crippen molar-refractivity contribution in [3.8, 4) is 0 Å². The van der Waals surface area contributed by atoms with Crippen molar-refractivity contribution in [3.05, 3.63) is 53.6 Å². The number of cyclic esters (lactones) is 1. The van der Waals surface area contributed by atoms with Crippen LogP contribution in [0, 0.1) is 11.8 Å².